The SMILES string of the molecule is Cc1ccc(NS(=O)(=O)c2c(CN)n[nH]c2C)cc1. The fraction of sp³-hybridized carbons (Fsp3) is 0.250. The van der Waals surface area contributed by atoms with Gasteiger partial charge in [-0.05, 0) is 26.0 Å². The minimum absolute atomic E-state index is 0.0640. The Morgan fingerprint density at radius 3 is 2.47 bits per heavy atom. The molecule has 0 radical (unpaired) electrons. The van der Waals surface area contributed by atoms with Crippen molar-refractivity contribution in [3.05, 3.63) is 41.2 Å². The number of H-pyrrole nitrogens is 1. The normalized spacial score (nSPS) is 11.5. The van der Waals surface area contributed by atoms with Crippen molar-refractivity contribution in [2.24, 2.45) is 5.73 Å². The van der Waals surface area contributed by atoms with Crippen LogP contribution in [0.15, 0.2) is 29.2 Å². The second-order valence-electron chi connectivity index (χ2n) is 4.30. The van der Waals surface area contributed by atoms with E-state index in [0.717, 1.165) is 5.56 Å². The molecule has 102 valence electrons. The summed E-state index contributed by atoms with van der Waals surface area (Å²) in [6.45, 7) is 3.65. The molecule has 0 unspecified atom stereocenters. The lowest BCUT2D eigenvalue weighted by atomic mass is 10.2. The van der Waals surface area contributed by atoms with Crippen LogP contribution in [0.1, 0.15) is 17.0 Å². The standard InChI is InChI=1S/C12H16N4O2S/c1-8-3-5-10(6-4-8)16-19(17,18)12-9(2)14-15-11(12)7-13/h3-6,16H,7,13H2,1-2H3,(H,14,15). The molecule has 0 saturated carbocycles. The van der Waals surface area contributed by atoms with Crippen molar-refractivity contribution >= 4 is 15.7 Å². The molecule has 7 heteroatoms. The number of hydrogen-bond acceptors (Lipinski definition) is 4. The molecule has 0 amide bonds. The van der Waals surface area contributed by atoms with Gasteiger partial charge < -0.3 is 5.73 Å². The number of aromatic nitrogens is 2. The van der Waals surface area contributed by atoms with Gasteiger partial charge in [0.25, 0.3) is 10.0 Å². The maximum atomic E-state index is 12.3. The van der Waals surface area contributed by atoms with Crippen molar-refractivity contribution < 1.29 is 8.42 Å². The summed E-state index contributed by atoms with van der Waals surface area (Å²) in [6.07, 6.45) is 0. The molecule has 0 fully saturated rings. The van der Waals surface area contributed by atoms with Crippen LogP contribution in [0.3, 0.4) is 0 Å². The van der Waals surface area contributed by atoms with E-state index in [-0.39, 0.29) is 11.4 Å². The van der Waals surface area contributed by atoms with Crippen LogP contribution in [0.5, 0.6) is 0 Å². The molecule has 0 atom stereocenters. The predicted molar refractivity (Wildman–Crippen MR) is 73.2 cm³/mol. The van der Waals surface area contributed by atoms with Crippen LogP contribution >= 0.6 is 0 Å². The first kappa shape index (κ1) is 13.6. The highest BCUT2D eigenvalue weighted by atomic mass is 32.2. The third-order valence-electron chi connectivity index (χ3n) is 2.73. The van der Waals surface area contributed by atoms with Crippen molar-refractivity contribution in [2.45, 2.75) is 25.3 Å². The van der Waals surface area contributed by atoms with E-state index >= 15 is 0 Å². The highest BCUT2D eigenvalue weighted by Gasteiger charge is 2.23. The second kappa shape index (κ2) is 5.02. The molecule has 0 aliphatic rings. The van der Waals surface area contributed by atoms with E-state index in [9.17, 15) is 8.42 Å². The zero-order valence-corrected chi connectivity index (χ0v) is 11.6. The maximum Gasteiger partial charge on any atom is 0.265 e. The number of anilines is 1. The molecular weight excluding hydrogens is 264 g/mol. The Balaban J connectivity index is 2.37. The molecule has 1 aromatic heterocycles. The van der Waals surface area contributed by atoms with E-state index < -0.39 is 10.0 Å². The first-order chi connectivity index (χ1) is 8.94. The molecule has 0 bridgehead atoms. The Labute approximate surface area is 112 Å². The summed E-state index contributed by atoms with van der Waals surface area (Å²) in [4.78, 5) is 0.121. The molecular formula is C12H16N4O2S. The van der Waals surface area contributed by atoms with Crippen molar-refractivity contribution in [3.8, 4) is 0 Å². The van der Waals surface area contributed by atoms with Crippen molar-refractivity contribution in [2.75, 3.05) is 4.72 Å². The smallest absolute Gasteiger partial charge is 0.265 e. The summed E-state index contributed by atoms with van der Waals surface area (Å²) in [6, 6.07) is 7.10. The Morgan fingerprint density at radius 2 is 1.89 bits per heavy atom. The third-order valence-corrected chi connectivity index (χ3v) is 4.31. The van der Waals surface area contributed by atoms with Gasteiger partial charge in [0.1, 0.15) is 4.90 Å². The Morgan fingerprint density at radius 1 is 1.26 bits per heavy atom. The minimum Gasteiger partial charge on any atom is -0.325 e. The Kier molecular flexibility index (Phi) is 3.59. The molecule has 0 saturated heterocycles. The van der Waals surface area contributed by atoms with Gasteiger partial charge in [-0.3, -0.25) is 9.82 Å². The molecule has 0 spiro atoms. The second-order valence-corrected chi connectivity index (χ2v) is 5.92. The number of benzene rings is 1. The summed E-state index contributed by atoms with van der Waals surface area (Å²) in [5, 5.41) is 6.53. The molecule has 2 aromatic rings. The Hall–Kier alpha value is -1.86. The minimum atomic E-state index is -3.68. The van der Waals surface area contributed by atoms with Gasteiger partial charge in [0.05, 0.1) is 11.4 Å². The summed E-state index contributed by atoms with van der Waals surface area (Å²) < 4.78 is 27.2. The van der Waals surface area contributed by atoms with E-state index in [2.05, 4.69) is 14.9 Å². The van der Waals surface area contributed by atoms with Gasteiger partial charge in [0.2, 0.25) is 0 Å². The first-order valence-electron chi connectivity index (χ1n) is 5.77. The number of rotatable bonds is 4. The summed E-state index contributed by atoms with van der Waals surface area (Å²) >= 11 is 0. The molecule has 1 aromatic carbocycles. The molecule has 0 aliphatic heterocycles. The number of aryl methyl sites for hydroxylation is 2. The van der Waals surface area contributed by atoms with Gasteiger partial charge in [0, 0.05) is 12.2 Å². The maximum absolute atomic E-state index is 12.3. The molecule has 0 aliphatic carbocycles. The van der Waals surface area contributed by atoms with E-state index in [1.54, 1.807) is 19.1 Å². The van der Waals surface area contributed by atoms with Crippen LogP contribution in [-0.4, -0.2) is 18.6 Å². The molecule has 19 heavy (non-hydrogen) atoms. The van der Waals surface area contributed by atoms with Crippen molar-refractivity contribution in [1.29, 1.82) is 0 Å². The number of hydrogen-bond donors (Lipinski definition) is 3. The van der Waals surface area contributed by atoms with E-state index in [0.29, 0.717) is 17.1 Å². The van der Waals surface area contributed by atoms with Crippen LogP contribution in [0.2, 0.25) is 0 Å². The highest BCUT2D eigenvalue weighted by Crippen LogP contribution is 2.21. The van der Waals surface area contributed by atoms with Gasteiger partial charge in [-0.1, -0.05) is 17.7 Å². The van der Waals surface area contributed by atoms with Gasteiger partial charge in [-0.15, -0.1) is 0 Å². The molecule has 6 nitrogen and oxygen atoms in total. The summed E-state index contributed by atoms with van der Waals surface area (Å²) in [5.74, 6) is 0. The average molecular weight is 280 g/mol. The zero-order valence-electron chi connectivity index (χ0n) is 10.8. The van der Waals surface area contributed by atoms with Crippen molar-refractivity contribution in [3.63, 3.8) is 0 Å². The molecule has 4 N–H and O–H groups in total. The number of aromatic amines is 1. The van der Waals surface area contributed by atoms with Gasteiger partial charge in [-0.2, -0.15) is 5.10 Å². The van der Waals surface area contributed by atoms with Crippen LogP contribution < -0.4 is 10.5 Å². The van der Waals surface area contributed by atoms with E-state index in [1.807, 2.05) is 19.1 Å². The first-order valence-corrected chi connectivity index (χ1v) is 7.26. The fourth-order valence-corrected chi connectivity index (χ4v) is 3.23. The van der Waals surface area contributed by atoms with Gasteiger partial charge in [-0.25, -0.2) is 8.42 Å². The lowest BCUT2D eigenvalue weighted by Gasteiger charge is -2.08. The monoisotopic (exact) mass is 280 g/mol. The largest absolute Gasteiger partial charge is 0.325 e. The van der Waals surface area contributed by atoms with Crippen LogP contribution in [0, 0.1) is 13.8 Å². The van der Waals surface area contributed by atoms with E-state index in [1.165, 1.54) is 0 Å². The van der Waals surface area contributed by atoms with Crippen LogP contribution in [-0.2, 0) is 16.6 Å². The lowest BCUT2D eigenvalue weighted by Crippen LogP contribution is -2.16. The van der Waals surface area contributed by atoms with Crippen LogP contribution in [0.4, 0.5) is 5.69 Å². The molecule has 1 heterocycles. The number of nitrogens with zero attached hydrogens (tertiary/aromatic N) is 1. The fourth-order valence-electron chi connectivity index (χ4n) is 1.79. The quantitative estimate of drug-likeness (QED) is 0.785. The van der Waals surface area contributed by atoms with Crippen molar-refractivity contribution in [1.82, 2.24) is 10.2 Å². The molecule has 2 rings (SSSR count). The number of nitrogens with two attached hydrogens (primary N) is 1. The predicted octanol–water partition coefficient (Wildman–Crippen LogP) is 1.29. The lowest BCUT2D eigenvalue weighted by molar-refractivity contribution is 0.599. The highest BCUT2D eigenvalue weighted by molar-refractivity contribution is 7.92. The van der Waals surface area contributed by atoms with Gasteiger partial charge in [0.15, 0.2) is 0 Å². The summed E-state index contributed by atoms with van der Waals surface area (Å²) in [5.41, 5.74) is 7.87. The Bertz CT molecular complexity index is 674. The average Bonchev–Trinajstić information content (AvgIpc) is 2.74. The number of sulfonamides is 1. The summed E-state index contributed by atoms with van der Waals surface area (Å²) in [7, 11) is -3.68. The number of nitrogens with one attached hydrogen (secondary N) is 2. The topological polar surface area (TPSA) is 101 Å². The third kappa shape index (κ3) is 2.77. The zero-order chi connectivity index (χ0) is 14.0. The van der Waals surface area contributed by atoms with Gasteiger partial charge >= 0.3 is 0 Å². The van der Waals surface area contributed by atoms with Crippen LogP contribution in [0.25, 0.3) is 0 Å². The van der Waals surface area contributed by atoms with E-state index in [4.69, 9.17) is 5.73 Å².